The van der Waals surface area contributed by atoms with E-state index in [1.54, 1.807) is 30.3 Å². The lowest BCUT2D eigenvalue weighted by Gasteiger charge is -2.10. The Bertz CT molecular complexity index is 1410. The first kappa shape index (κ1) is 22.3. The van der Waals surface area contributed by atoms with Crippen molar-refractivity contribution in [2.45, 2.75) is 25.0 Å². The Kier molecular flexibility index (Phi) is 6.45. The summed E-state index contributed by atoms with van der Waals surface area (Å²) in [5, 5.41) is 0.287. The molecular formula is C24H19BrO6S. The zero-order valence-electron chi connectivity index (χ0n) is 17.1. The number of hydrogen-bond acceptors (Lipinski definition) is 6. The molecule has 0 aliphatic rings. The third-order valence-electron chi connectivity index (χ3n) is 4.74. The summed E-state index contributed by atoms with van der Waals surface area (Å²) in [4.78, 5) is 12.8. The molecule has 0 saturated heterocycles. The summed E-state index contributed by atoms with van der Waals surface area (Å²) in [5.74, 6) is 0.488. The molecule has 6 nitrogen and oxygen atoms in total. The summed E-state index contributed by atoms with van der Waals surface area (Å²) < 4.78 is 42.4. The fourth-order valence-electron chi connectivity index (χ4n) is 3.07. The van der Waals surface area contributed by atoms with Gasteiger partial charge < -0.3 is 9.15 Å². The first-order valence-electron chi connectivity index (χ1n) is 9.71. The minimum absolute atomic E-state index is 0.0369. The molecule has 4 aromatic rings. The smallest absolute Gasteiger partial charge is 0.297 e. The third-order valence-corrected chi connectivity index (χ3v) is 6.55. The van der Waals surface area contributed by atoms with Crippen molar-refractivity contribution in [1.29, 1.82) is 0 Å². The highest BCUT2D eigenvalue weighted by atomic mass is 79.9. The predicted octanol–water partition coefficient (Wildman–Crippen LogP) is 5.35. The maximum absolute atomic E-state index is 12.8. The van der Waals surface area contributed by atoms with Gasteiger partial charge in [0.2, 0.25) is 0 Å². The number of ether oxygens (including phenoxy) is 1. The van der Waals surface area contributed by atoms with Gasteiger partial charge in [0, 0.05) is 10.5 Å². The van der Waals surface area contributed by atoms with Gasteiger partial charge in [0.1, 0.15) is 35.7 Å². The van der Waals surface area contributed by atoms with Crippen LogP contribution in [0.5, 0.6) is 5.75 Å². The van der Waals surface area contributed by atoms with Crippen molar-refractivity contribution in [3.63, 3.8) is 0 Å². The SMILES string of the molecule is Cc1ccc(S(=O)(=O)OCc2cc(=O)c3c(OCc4ccc(Br)cc4)cccc3o2)cc1. The van der Waals surface area contributed by atoms with Gasteiger partial charge in [-0.25, -0.2) is 0 Å². The van der Waals surface area contributed by atoms with E-state index in [4.69, 9.17) is 13.3 Å². The molecule has 1 heterocycles. The van der Waals surface area contributed by atoms with Crippen LogP contribution < -0.4 is 10.2 Å². The third kappa shape index (κ3) is 5.09. The van der Waals surface area contributed by atoms with E-state index in [2.05, 4.69) is 15.9 Å². The molecule has 0 unspecified atom stereocenters. The van der Waals surface area contributed by atoms with Crippen LogP contribution in [0.15, 0.2) is 91.4 Å². The predicted molar refractivity (Wildman–Crippen MR) is 124 cm³/mol. The molecule has 0 atom stereocenters. The van der Waals surface area contributed by atoms with Crippen LogP contribution in [-0.2, 0) is 27.5 Å². The van der Waals surface area contributed by atoms with Gasteiger partial charge in [0.15, 0.2) is 5.43 Å². The lowest BCUT2D eigenvalue weighted by Crippen LogP contribution is -2.09. The van der Waals surface area contributed by atoms with Gasteiger partial charge in [-0.3, -0.25) is 8.98 Å². The van der Waals surface area contributed by atoms with Crippen molar-refractivity contribution in [3.8, 4) is 5.75 Å². The maximum Gasteiger partial charge on any atom is 0.297 e. The molecule has 0 fully saturated rings. The largest absolute Gasteiger partial charge is 0.488 e. The normalized spacial score (nSPS) is 11.6. The van der Waals surface area contributed by atoms with Crippen molar-refractivity contribution in [2.75, 3.05) is 0 Å². The molecule has 1 aromatic heterocycles. The van der Waals surface area contributed by atoms with Crippen molar-refractivity contribution in [2.24, 2.45) is 0 Å². The lowest BCUT2D eigenvalue weighted by atomic mass is 10.2. The van der Waals surface area contributed by atoms with E-state index in [0.717, 1.165) is 15.6 Å². The van der Waals surface area contributed by atoms with Gasteiger partial charge in [-0.15, -0.1) is 0 Å². The second kappa shape index (κ2) is 9.28. The van der Waals surface area contributed by atoms with E-state index in [1.165, 1.54) is 18.2 Å². The minimum Gasteiger partial charge on any atom is -0.488 e. The van der Waals surface area contributed by atoms with Gasteiger partial charge in [0.05, 0.1) is 4.90 Å². The fourth-order valence-corrected chi connectivity index (χ4v) is 4.21. The monoisotopic (exact) mass is 514 g/mol. The minimum atomic E-state index is -3.98. The van der Waals surface area contributed by atoms with Gasteiger partial charge in [-0.2, -0.15) is 8.42 Å². The van der Waals surface area contributed by atoms with Crippen molar-refractivity contribution in [3.05, 3.63) is 104 Å². The van der Waals surface area contributed by atoms with E-state index in [-0.39, 0.29) is 33.7 Å². The van der Waals surface area contributed by atoms with Gasteiger partial charge in [-0.05, 0) is 48.9 Å². The highest BCUT2D eigenvalue weighted by molar-refractivity contribution is 9.10. The van der Waals surface area contributed by atoms with E-state index in [0.29, 0.717) is 5.75 Å². The zero-order chi connectivity index (χ0) is 22.7. The maximum atomic E-state index is 12.8. The van der Waals surface area contributed by atoms with E-state index in [9.17, 15) is 13.2 Å². The van der Waals surface area contributed by atoms with E-state index in [1.807, 2.05) is 31.2 Å². The lowest BCUT2D eigenvalue weighted by molar-refractivity contribution is 0.275. The molecule has 0 aliphatic carbocycles. The molecule has 0 spiro atoms. The highest BCUT2D eigenvalue weighted by Gasteiger charge is 2.17. The number of aryl methyl sites for hydroxylation is 1. The van der Waals surface area contributed by atoms with Crippen LogP contribution in [0.4, 0.5) is 0 Å². The van der Waals surface area contributed by atoms with Gasteiger partial charge in [0.25, 0.3) is 10.1 Å². The molecule has 0 aliphatic heterocycles. The first-order valence-corrected chi connectivity index (χ1v) is 11.9. The molecule has 0 N–H and O–H groups in total. The number of benzene rings is 3. The zero-order valence-corrected chi connectivity index (χ0v) is 19.5. The fraction of sp³-hybridized carbons (Fsp3) is 0.125. The Morgan fingerprint density at radius 3 is 2.38 bits per heavy atom. The van der Waals surface area contributed by atoms with Crippen LogP contribution in [0.1, 0.15) is 16.9 Å². The molecule has 32 heavy (non-hydrogen) atoms. The Morgan fingerprint density at radius 1 is 0.938 bits per heavy atom. The average Bonchev–Trinajstić information content (AvgIpc) is 2.77. The molecule has 0 saturated carbocycles. The number of hydrogen-bond donors (Lipinski definition) is 0. The molecule has 3 aromatic carbocycles. The van der Waals surface area contributed by atoms with Gasteiger partial charge >= 0.3 is 0 Å². The summed E-state index contributed by atoms with van der Waals surface area (Å²) in [6.45, 7) is 1.74. The summed E-state index contributed by atoms with van der Waals surface area (Å²) >= 11 is 3.39. The standard InChI is InChI=1S/C24H19BrO6S/c1-16-5-11-20(12-6-16)32(27,28)30-15-19-13-21(26)24-22(3-2-4-23(24)31-19)29-14-17-7-9-18(25)10-8-17/h2-13H,14-15H2,1H3. The van der Waals surface area contributed by atoms with Crippen LogP contribution in [0.25, 0.3) is 11.0 Å². The van der Waals surface area contributed by atoms with Gasteiger partial charge in [-0.1, -0.05) is 51.8 Å². The van der Waals surface area contributed by atoms with Crippen LogP contribution in [0.2, 0.25) is 0 Å². The topological polar surface area (TPSA) is 82.8 Å². The Balaban J connectivity index is 1.54. The molecule has 4 rings (SSSR count). The summed E-state index contributed by atoms with van der Waals surface area (Å²) in [6.07, 6.45) is 0. The molecule has 0 radical (unpaired) electrons. The quantitative estimate of drug-likeness (QED) is 0.309. The molecule has 8 heteroatoms. The van der Waals surface area contributed by atoms with Crippen molar-refractivity contribution < 1.29 is 21.8 Å². The number of rotatable bonds is 7. The van der Waals surface area contributed by atoms with Crippen LogP contribution in [0, 0.1) is 6.92 Å². The van der Waals surface area contributed by atoms with Crippen LogP contribution >= 0.6 is 15.9 Å². The molecule has 0 amide bonds. The highest BCUT2D eigenvalue weighted by Crippen LogP contribution is 2.25. The van der Waals surface area contributed by atoms with Crippen molar-refractivity contribution >= 4 is 37.0 Å². The van der Waals surface area contributed by atoms with Crippen molar-refractivity contribution in [1.82, 2.24) is 0 Å². The number of halogens is 1. The second-order valence-electron chi connectivity index (χ2n) is 7.15. The summed E-state index contributed by atoms with van der Waals surface area (Å²) in [6, 6.07) is 20.2. The molecule has 164 valence electrons. The van der Waals surface area contributed by atoms with Crippen LogP contribution in [-0.4, -0.2) is 8.42 Å². The number of fused-ring (bicyclic) bond motifs is 1. The second-order valence-corrected chi connectivity index (χ2v) is 9.68. The Hall–Kier alpha value is -2.94. The summed E-state index contributed by atoms with van der Waals surface area (Å²) in [7, 11) is -3.98. The van der Waals surface area contributed by atoms with E-state index >= 15 is 0 Å². The molecular weight excluding hydrogens is 496 g/mol. The van der Waals surface area contributed by atoms with E-state index < -0.39 is 16.7 Å². The Morgan fingerprint density at radius 2 is 1.66 bits per heavy atom. The van der Waals surface area contributed by atoms with Crippen LogP contribution in [0.3, 0.4) is 0 Å². The summed E-state index contributed by atoms with van der Waals surface area (Å²) in [5.41, 5.74) is 1.82. The Labute approximate surface area is 193 Å². The molecule has 0 bridgehead atoms. The first-order chi connectivity index (χ1) is 15.3. The average molecular weight is 515 g/mol.